The van der Waals surface area contributed by atoms with Crippen LogP contribution < -0.4 is 4.74 Å². The summed E-state index contributed by atoms with van der Waals surface area (Å²) in [6, 6.07) is 4.91. The van der Waals surface area contributed by atoms with Crippen molar-refractivity contribution in [2.24, 2.45) is 5.92 Å². The maximum Gasteiger partial charge on any atom is 0.311 e. The smallest absolute Gasteiger partial charge is 0.311 e. The summed E-state index contributed by atoms with van der Waals surface area (Å²) in [5, 5.41) is 0.321. The molecule has 0 amide bonds. The highest BCUT2D eigenvalue weighted by molar-refractivity contribution is 6.32. The van der Waals surface area contributed by atoms with Gasteiger partial charge in [0.15, 0.2) is 0 Å². The Morgan fingerprint density at radius 3 is 2.53 bits per heavy atom. The molecule has 0 bridgehead atoms. The first kappa shape index (κ1) is 15.5. The number of ether oxygens (including phenoxy) is 2. The van der Waals surface area contributed by atoms with E-state index in [1.807, 2.05) is 13.8 Å². The Kier molecular flexibility index (Phi) is 5.83. The van der Waals surface area contributed by atoms with E-state index >= 15 is 0 Å². The zero-order chi connectivity index (χ0) is 14.4. The van der Waals surface area contributed by atoms with Crippen LogP contribution in [0.1, 0.15) is 32.8 Å². The van der Waals surface area contributed by atoms with Gasteiger partial charge in [0.2, 0.25) is 0 Å². The normalized spacial score (nSPS) is 10.4. The Hall–Kier alpha value is -1.55. The van der Waals surface area contributed by atoms with Crippen molar-refractivity contribution in [3.8, 4) is 5.75 Å². The predicted molar refractivity (Wildman–Crippen MR) is 72.0 cm³/mol. The highest BCUT2D eigenvalue weighted by Gasteiger charge is 2.11. The average molecular weight is 285 g/mol. The number of hydrogen-bond acceptors (Lipinski definition) is 4. The number of halogens is 1. The molecular weight excluding hydrogens is 268 g/mol. The molecule has 0 radical (unpaired) electrons. The van der Waals surface area contributed by atoms with Crippen LogP contribution in [0.25, 0.3) is 0 Å². The molecule has 1 rings (SSSR count). The number of benzene rings is 1. The van der Waals surface area contributed by atoms with Crippen molar-refractivity contribution in [3.05, 3.63) is 28.8 Å². The Labute approximate surface area is 117 Å². The molecule has 4 nitrogen and oxygen atoms in total. The Morgan fingerprint density at radius 2 is 2.00 bits per heavy atom. The molecule has 0 atom stereocenters. The van der Waals surface area contributed by atoms with Crippen molar-refractivity contribution < 1.29 is 19.1 Å². The molecule has 104 valence electrons. The van der Waals surface area contributed by atoms with Crippen LogP contribution in [0.2, 0.25) is 5.02 Å². The minimum absolute atomic E-state index is 0.148. The Bertz CT molecular complexity index is 469. The summed E-state index contributed by atoms with van der Waals surface area (Å²) < 4.78 is 10.0. The van der Waals surface area contributed by atoms with Crippen molar-refractivity contribution in [1.29, 1.82) is 0 Å². The van der Waals surface area contributed by atoms with Crippen LogP contribution in [0.15, 0.2) is 18.2 Å². The molecule has 0 saturated heterocycles. The SMILES string of the molecule is CC(=O)OCc1ccc(OC(=O)CC(C)C)c(Cl)c1. The van der Waals surface area contributed by atoms with Gasteiger partial charge in [0.25, 0.3) is 0 Å². The Balaban J connectivity index is 2.66. The number of carbonyl (C=O) groups excluding carboxylic acids is 2. The Morgan fingerprint density at radius 1 is 1.32 bits per heavy atom. The summed E-state index contributed by atoms with van der Waals surface area (Å²) in [5.41, 5.74) is 0.740. The van der Waals surface area contributed by atoms with Crippen LogP contribution in [-0.2, 0) is 20.9 Å². The van der Waals surface area contributed by atoms with Crippen LogP contribution in [0.3, 0.4) is 0 Å². The van der Waals surface area contributed by atoms with E-state index in [0.29, 0.717) is 17.2 Å². The van der Waals surface area contributed by atoms with Crippen LogP contribution in [0.5, 0.6) is 5.75 Å². The van der Waals surface area contributed by atoms with Crippen molar-refractivity contribution in [3.63, 3.8) is 0 Å². The molecule has 0 aromatic heterocycles. The van der Waals surface area contributed by atoms with Gasteiger partial charge in [0.1, 0.15) is 12.4 Å². The zero-order valence-electron chi connectivity index (χ0n) is 11.2. The summed E-state index contributed by atoms with van der Waals surface area (Å²) in [7, 11) is 0. The third kappa shape index (κ3) is 5.75. The minimum Gasteiger partial charge on any atom is -0.461 e. The van der Waals surface area contributed by atoms with Crippen molar-refractivity contribution >= 4 is 23.5 Å². The standard InChI is InChI=1S/C14H17ClO4/c1-9(2)6-14(17)19-13-5-4-11(7-12(13)15)8-18-10(3)16/h4-5,7,9H,6,8H2,1-3H3. The lowest BCUT2D eigenvalue weighted by Gasteiger charge is -2.09. The van der Waals surface area contributed by atoms with E-state index in [-0.39, 0.29) is 24.5 Å². The third-order valence-electron chi connectivity index (χ3n) is 2.24. The van der Waals surface area contributed by atoms with Gasteiger partial charge in [0, 0.05) is 13.3 Å². The zero-order valence-corrected chi connectivity index (χ0v) is 12.0. The van der Waals surface area contributed by atoms with Gasteiger partial charge in [-0.3, -0.25) is 9.59 Å². The van der Waals surface area contributed by atoms with Gasteiger partial charge in [-0.05, 0) is 23.6 Å². The largest absolute Gasteiger partial charge is 0.461 e. The second-order valence-electron chi connectivity index (χ2n) is 4.62. The quantitative estimate of drug-likeness (QED) is 0.614. The van der Waals surface area contributed by atoms with Gasteiger partial charge < -0.3 is 9.47 Å². The van der Waals surface area contributed by atoms with E-state index in [9.17, 15) is 9.59 Å². The molecule has 1 aromatic rings. The third-order valence-corrected chi connectivity index (χ3v) is 2.53. The van der Waals surface area contributed by atoms with Gasteiger partial charge in [-0.25, -0.2) is 0 Å². The summed E-state index contributed by atoms with van der Waals surface area (Å²) >= 11 is 6.01. The number of carbonyl (C=O) groups is 2. The second kappa shape index (κ2) is 7.14. The van der Waals surface area contributed by atoms with Crippen molar-refractivity contribution in [2.75, 3.05) is 0 Å². The molecule has 0 aliphatic rings. The fourth-order valence-corrected chi connectivity index (χ4v) is 1.64. The highest BCUT2D eigenvalue weighted by atomic mass is 35.5. The average Bonchev–Trinajstić information content (AvgIpc) is 2.28. The maximum absolute atomic E-state index is 11.5. The van der Waals surface area contributed by atoms with E-state index in [4.69, 9.17) is 21.1 Å². The minimum atomic E-state index is -0.358. The van der Waals surface area contributed by atoms with Crippen LogP contribution in [-0.4, -0.2) is 11.9 Å². The molecule has 19 heavy (non-hydrogen) atoms. The summed E-state index contributed by atoms with van der Waals surface area (Å²) in [5.74, 6) is -0.124. The van der Waals surface area contributed by atoms with Crippen LogP contribution in [0.4, 0.5) is 0 Å². The predicted octanol–water partition coefficient (Wildman–Crippen LogP) is 3.35. The van der Waals surface area contributed by atoms with E-state index in [1.165, 1.54) is 6.92 Å². The topological polar surface area (TPSA) is 52.6 Å². The summed E-state index contributed by atoms with van der Waals surface area (Å²) in [4.78, 5) is 22.2. The van der Waals surface area contributed by atoms with Gasteiger partial charge in [-0.1, -0.05) is 31.5 Å². The van der Waals surface area contributed by atoms with Gasteiger partial charge >= 0.3 is 11.9 Å². The first-order valence-electron chi connectivity index (χ1n) is 6.01. The molecule has 0 fully saturated rings. The van der Waals surface area contributed by atoms with E-state index in [1.54, 1.807) is 18.2 Å². The second-order valence-corrected chi connectivity index (χ2v) is 5.02. The molecular formula is C14H17ClO4. The summed E-state index contributed by atoms with van der Waals surface area (Å²) in [6.07, 6.45) is 0.339. The van der Waals surface area contributed by atoms with E-state index < -0.39 is 0 Å². The maximum atomic E-state index is 11.5. The number of rotatable bonds is 5. The van der Waals surface area contributed by atoms with E-state index in [2.05, 4.69) is 0 Å². The molecule has 0 unspecified atom stereocenters. The van der Waals surface area contributed by atoms with Crippen LogP contribution in [0, 0.1) is 5.92 Å². The lowest BCUT2D eigenvalue weighted by atomic mass is 10.1. The molecule has 0 heterocycles. The highest BCUT2D eigenvalue weighted by Crippen LogP contribution is 2.26. The van der Waals surface area contributed by atoms with Crippen molar-refractivity contribution in [1.82, 2.24) is 0 Å². The first-order valence-corrected chi connectivity index (χ1v) is 6.38. The summed E-state index contributed by atoms with van der Waals surface area (Å²) in [6.45, 7) is 5.36. The molecule has 0 aliphatic heterocycles. The molecule has 0 N–H and O–H groups in total. The molecule has 0 spiro atoms. The van der Waals surface area contributed by atoms with Crippen molar-refractivity contribution in [2.45, 2.75) is 33.8 Å². The monoisotopic (exact) mass is 284 g/mol. The van der Waals surface area contributed by atoms with Gasteiger partial charge in [-0.15, -0.1) is 0 Å². The van der Waals surface area contributed by atoms with E-state index in [0.717, 1.165) is 5.56 Å². The number of esters is 2. The number of hydrogen-bond donors (Lipinski definition) is 0. The fraction of sp³-hybridized carbons (Fsp3) is 0.429. The first-order chi connectivity index (χ1) is 8.88. The molecule has 0 saturated carbocycles. The molecule has 0 aliphatic carbocycles. The lowest BCUT2D eigenvalue weighted by molar-refractivity contribution is -0.142. The fourth-order valence-electron chi connectivity index (χ4n) is 1.40. The molecule has 5 heteroatoms. The van der Waals surface area contributed by atoms with Crippen LogP contribution >= 0.6 is 11.6 Å². The van der Waals surface area contributed by atoms with Gasteiger partial charge in [0.05, 0.1) is 5.02 Å². The lowest BCUT2D eigenvalue weighted by Crippen LogP contribution is -2.11. The van der Waals surface area contributed by atoms with Gasteiger partial charge in [-0.2, -0.15) is 0 Å². The molecule has 1 aromatic carbocycles.